The molecule has 172 valence electrons. The third-order valence-corrected chi connectivity index (χ3v) is 5.63. The average molecular weight is 451 g/mol. The number of aryl methyl sites for hydroxylation is 1. The molecule has 0 saturated carbocycles. The van der Waals surface area contributed by atoms with Gasteiger partial charge >= 0.3 is 0 Å². The molecule has 10 heteroatoms. The van der Waals surface area contributed by atoms with Gasteiger partial charge in [-0.05, 0) is 38.4 Å². The fraction of sp³-hybridized carbons (Fsp3) is 0.348. The molecule has 0 radical (unpaired) electrons. The molecule has 1 unspecified atom stereocenters. The second-order valence-electron chi connectivity index (χ2n) is 8.09. The number of piperidine rings is 1. The summed E-state index contributed by atoms with van der Waals surface area (Å²) in [7, 11) is 1.45. The van der Waals surface area contributed by atoms with Crippen LogP contribution in [-0.4, -0.2) is 46.1 Å². The number of likely N-dealkylation sites (tertiary alicyclic amines) is 1. The number of aromatic nitrogens is 2. The molecule has 0 spiro atoms. The van der Waals surface area contributed by atoms with Crippen molar-refractivity contribution >= 4 is 17.3 Å². The fourth-order valence-electron chi connectivity index (χ4n) is 3.97. The number of hydrogen-bond donors (Lipinski definition) is 1. The van der Waals surface area contributed by atoms with E-state index in [1.165, 1.54) is 25.3 Å². The Morgan fingerprint density at radius 2 is 2.18 bits per heavy atom. The molecule has 1 aromatic heterocycles. The summed E-state index contributed by atoms with van der Waals surface area (Å²) in [5.41, 5.74) is 2.18. The maximum Gasteiger partial charge on any atom is 0.271 e. The van der Waals surface area contributed by atoms with E-state index >= 15 is 0 Å². The number of nitrogens with one attached hydrogen (secondary N) is 1. The molecule has 4 rings (SSSR count). The van der Waals surface area contributed by atoms with Crippen LogP contribution in [0.2, 0.25) is 0 Å². The zero-order valence-electron chi connectivity index (χ0n) is 18.5. The molecule has 1 saturated heterocycles. The van der Waals surface area contributed by atoms with Crippen molar-refractivity contribution in [2.75, 3.05) is 25.5 Å². The van der Waals surface area contributed by atoms with Crippen molar-refractivity contribution in [1.29, 1.82) is 0 Å². The summed E-state index contributed by atoms with van der Waals surface area (Å²) in [6, 6.07) is 12.0. The Kier molecular flexibility index (Phi) is 6.64. The van der Waals surface area contributed by atoms with E-state index in [1.807, 2.05) is 31.2 Å². The summed E-state index contributed by atoms with van der Waals surface area (Å²) in [5, 5.41) is 18.0. The monoisotopic (exact) mass is 451 g/mol. The smallest absolute Gasteiger partial charge is 0.271 e. The third-order valence-electron chi connectivity index (χ3n) is 5.63. The number of anilines is 1. The van der Waals surface area contributed by atoms with E-state index in [0.29, 0.717) is 30.6 Å². The molecule has 1 aliphatic heterocycles. The molecule has 1 atom stereocenters. The molecule has 3 aromatic rings. The van der Waals surface area contributed by atoms with E-state index in [0.717, 1.165) is 30.5 Å². The first-order valence-corrected chi connectivity index (χ1v) is 10.7. The molecule has 0 aliphatic carbocycles. The molecule has 2 aromatic carbocycles. The number of nitrogens with zero attached hydrogens (tertiary/aromatic N) is 4. The van der Waals surface area contributed by atoms with E-state index < -0.39 is 4.92 Å². The van der Waals surface area contributed by atoms with Crippen LogP contribution in [0, 0.1) is 23.0 Å². The first kappa shape index (κ1) is 22.4. The highest BCUT2D eigenvalue weighted by molar-refractivity contribution is 5.94. The normalized spacial score (nSPS) is 16.4. The standard InChI is InChI=1S/C23H25N5O5/c1-15-5-3-6-16(11-15)22-25-21(33-26-22)14-27-10-4-7-17(13-27)23(29)24-19-12-18(28(30)31)8-9-20(19)32-2/h3,5-6,8-9,11-12,17H,4,7,10,13-14H2,1-2H3,(H,24,29). The summed E-state index contributed by atoms with van der Waals surface area (Å²) in [5.74, 6) is 0.924. The SMILES string of the molecule is COc1ccc([N+](=O)[O-])cc1NC(=O)C1CCCN(Cc2nc(-c3cccc(C)c3)no2)C1. The summed E-state index contributed by atoms with van der Waals surface area (Å²) < 4.78 is 10.7. The van der Waals surface area contributed by atoms with Crippen molar-refractivity contribution in [3.8, 4) is 17.1 Å². The molecule has 10 nitrogen and oxygen atoms in total. The molecule has 1 aliphatic rings. The van der Waals surface area contributed by atoms with Crippen LogP contribution in [0.5, 0.6) is 5.75 Å². The molecular weight excluding hydrogens is 426 g/mol. The first-order valence-electron chi connectivity index (χ1n) is 10.7. The van der Waals surface area contributed by atoms with Gasteiger partial charge in [-0.3, -0.25) is 19.8 Å². The average Bonchev–Trinajstić information content (AvgIpc) is 3.27. The van der Waals surface area contributed by atoms with Gasteiger partial charge < -0.3 is 14.6 Å². The largest absolute Gasteiger partial charge is 0.495 e. The number of methoxy groups -OCH3 is 1. The lowest BCUT2D eigenvalue weighted by Crippen LogP contribution is -2.40. The molecule has 2 heterocycles. The van der Waals surface area contributed by atoms with Gasteiger partial charge in [-0.25, -0.2) is 0 Å². The van der Waals surface area contributed by atoms with Gasteiger partial charge in [-0.15, -0.1) is 0 Å². The predicted molar refractivity (Wildman–Crippen MR) is 121 cm³/mol. The zero-order chi connectivity index (χ0) is 23.4. The highest BCUT2D eigenvalue weighted by Crippen LogP contribution is 2.30. The van der Waals surface area contributed by atoms with Crippen molar-refractivity contribution in [3.63, 3.8) is 0 Å². The van der Waals surface area contributed by atoms with Gasteiger partial charge in [-0.2, -0.15) is 4.98 Å². The summed E-state index contributed by atoms with van der Waals surface area (Å²) in [4.78, 5) is 30.1. The van der Waals surface area contributed by atoms with Crippen molar-refractivity contribution in [2.24, 2.45) is 5.92 Å². The fourth-order valence-corrected chi connectivity index (χ4v) is 3.97. The molecule has 1 fully saturated rings. The van der Waals surface area contributed by atoms with Crippen LogP contribution in [0.25, 0.3) is 11.4 Å². The number of nitro benzene ring substituents is 1. The second kappa shape index (κ2) is 9.78. The lowest BCUT2D eigenvalue weighted by atomic mass is 9.97. The number of benzene rings is 2. The molecular formula is C23H25N5O5. The lowest BCUT2D eigenvalue weighted by molar-refractivity contribution is -0.384. The Labute approximate surface area is 190 Å². The third kappa shape index (κ3) is 5.35. The number of ether oxygens (including phenoxy) is 1. The predicted octanol–water partition coefficient (Wildman–Crippen LogP) is 3.81. The van der Waals surface area contributed by atoms with E-state index in [9.17, 15) is 14.9 Å². The summed E-state index contributed by atoms with van der Waals surface area (Å²) in [6.45, 7) is 3.78. The van der Waals surface area contributed by atoms with Crippen molar-refractivity contribution < 1.29 is 19.0 Å². The Morgan fingerprint density at radius 3 is 2.94 bits per heavy atom. The van der Waals surface area contributed by atoms with Gasteiger partial charge in [-0.1, -0.05) is 28.9 Å². The van der Waals surface area contributed by atoms with Crippen LogP contribution in [-0.2, 0) is 11.3 Å². The van der Waals surface area contributed by atoms with Gasteiger partial charge in [0.2, 0.25) is 17.6 Å². The van der Waals surface area contributed by atoms with Crippen molar-refractivity contribution in [2.45, 2.75) is 26.3 Å². The lowest BCUT2D eigenvalue weighted by Gasteiger charge is -2.30. The van der Waals surface area contributed by atoms with Gasteiger partial charge in [0.1, 0.15) is 5.75 Å². The van der Waals surface area contributed by atoms with Gasteiger partial charge in [0, 0.05) is 24.2 Å². The van der Waals surface area contributed by atoms with Crippen LogP contribution in [0.3, 0.4) is 0 Å². The molecule has 0 bridgehead atoms. The van der Waals surface area contributed by atoms with Crippen LogP contribution in [0.4, 0.5) is 11.4 Å². The number of carbonyl (C=O) groups is 1. The Hall–Kier alpha value is -3.79. The minimum absolute atomic E-state index is 0.114. The maximum absolute atomic E-state index is 12.9. The number of carbonyl (C=O) groups excluding carboxylic acids is 1. The minimum Gasteiger partial charge on any atom is -0.495 e. The minimum atomic E-state index is -0.507. The van der Waals surface area contributed by atoms with E-state index in [4.69, 9.17) is 9.26 Å². The van der Waals surface area contributed by atoms with E-state index in [-0.39, 0.29) is 23.2 Å². The number of hydrogen-bond acceptors (Lipinski definition) is 8. The zero-order valence-corrected chi connectivity index (χ0v) is 18.5. The Bertz CT molecular complexity index is 1160. The number of amides is 1. The van der Waals surface area contributed by atoms with Crippen LogP contribution >= 0.6 is 0 Å². The van der Waals surface area contributed by atoms with E-state index in [1.54, 1.807) is 0 Å². The van der Waals surface area contributed by atoms with Gasteiger partial charge in [0.25, 0.3) is 5.69 Å². The summed E-state index contributed by atoms with van der Waals surface area (Å²) in [6.07, 6.45) is 1.56. The Balaban J connectivity index is 1.40. The van der Waals surface area contributed by atoms with Crippen LogP contribution in [0.1, 0.15) is 24.3 Å². The van der Waals surface area contributed by atoms with Gasteiger partial charge in [0.05, 0.1) is 30.2 Å². The molecule has 1 amide bonds. The highest BCUT2D eigenvalue weighted by atomic mass is 16.6. The van der Waals surface area contributed by atoms with E-state index in [2.05, 4.69) is 20.4 Å². The molecule has 33 heavy (non-hydrogen) atoms. The first-order chi connectivity index (χ1) is 15.9. The topological polar surface area (TPSA) is 124 Å². The number of rotatable bonds is 7. The van der Waals surface area contributed by atoms with Crippen LogP contribution < -0.4 is 10.1 Å². The quantitative estimate of drug-likeness (QED) is 0.425. The molecule has 1 N–H and O–H groups in total. The Morgan fingerprint density at radius 1 is 1.33 bits per heavy atom. The van der Waals surface area contributed by atoms with Crippen molar-refractivity contribution in [3.05, 3.63) is 64.0 Å². The number of non-ortho nitro benzene ring substituents is 1. The van der Waals surface area contributed by atoms with Crippen molar-refractivity contribution in [1.82, 2.24) is 15.0 Å². The van der Waals surface area contributed by atoms with Crippen LogP contribution in [0.15, 0.2) is 47.0 Å². The summed E-state index contributed by atoms with van der Waals surface area (Å²) >= 11 is 0. The maximum atomic E-state index is 12.9. The second-order valence-corrected chi connectivity index (χ2v) is 8.09. The highest BCUT2D eigenvalue weighted by Gasteiger charge is 2.28. The number of nitro groups is 1. The van der Waals surface area contributed by atoms with Gasteiger partial charge in [0.15, 0.2) is 0 Å².